The molecule has 0 saturated heterocycles. The average molecular weight is 327 g/mol. The minimum absolute atomic E-state index is 0.205. The minimum atomic E-state index is -0.445. The van der Waals surface area contributed by atoms with E-state index in [0.29, 0.717) is 21.5 Å². The second-order valence-corrected chi connectivity index (χ2v) is 4.64. The topological polar surface area (TPSA) is 48.7 Å². The highest BCUT2D eigenvalue weighted by Gasteiger charge is 2.11. The van der Waals surface area contributed by atoms with E-state index in [2.05, 4.69) is 26.2 Å². The number of halogens is 3. The fourth-order valence-electron chi connectivity index (χ4n) is 1.38. The quantitative estimate of drug-likeness (QED) is 0.897. The number of hydrogen-bond acceptors (Lipinski definition) is 3. The first-order chi connectivity index (χ1) is 8.61. The molecular weight excluding hydrogens is 321 g/mol. The van der Waals surface area contributed by atoms with Crippen LogP contribution in [0, 0.1) is 17.1 Å². The molecule has 0 atom stereocenters. The molecular formula is C12H6BrClFN3. The predicted molar refractivity (Wildman–Crippen MR) is 71.3 cm³/mol. The van der Waals surface area contributed by atoms with Crippen LogP contribution in [0.3, 0.4) is 0 Å². The summed E-state index contributed by atoms with van der Waals surface area (Å²) in [7, 11) is 0. The van der Waals surface area contributed by atoms with Gasteiger partial charge in [0.25, 0.3) is 0 Å². The molecule has 0 spiro atoms. The van der Waals surface area contributed by atoms with Crippen LogP contribution in [0.1, 0.15) is 5.56 Å². The SMILES string of the molecule is N#Cc1cccnc1Nc1c(Cl)cc(F)cc1Br. The number of aromatic nitrogens is 1. The van der Waals surface area contributed by atoms with Gasteiger partial charge in [0, 0.05) is 10.7 Å². The van der Waals surface area contributed by atoms with Gasteiger partial charge in [-0.2, -0.15) is 5.26 Å². The van der Waals surface area contributed by atoms with Crippen LogP contribution in [0.4, 0.5) is 15.9 Å². The summed E-state index contributed by atoms with van der Waals surface area (Å²) in [5, 5.41) is 12.1. The summed E-state index contributed by atoms with van der Waals surface area (Å²) in [6.45, 7) is 0. The van der Waals surface area contributed by atoms with E-state index in [1.54, 1.807) is 18.3 Å². The summed E-state index contributed by atoms with van der Waals surface area (Å²) in [5.41, 5.74) is 0.845. The van der Waals surface area contributed by atoms with Crippen molar-refractivity contribution < 1.29 is 4.39 Å². The van der Waals surface area contributed by atoms with Gasteiger partial charge in [-0.1, -0.05) is 11.6 Å². The minimum Gasteiger partial charge on any atom is -0.337 e. The summed E-state index contributed by atoms with van der Waals surface area (Å²) in [5.74, 6) is -0.0758. The van der Waals surface area contributed by atoms with Gasteiger partial charge in [0.05, 0.1) is 16.3 Å². The molecule has 0 amide bonds. The summed E-state index contributed by atoms with van der Waals surface area (Å²) in [6, 6.07) is 7.76. The highest BCUT2D eigenvalue weighted by atomic mass is 79.9. The van der Waals surface area contributed by atoms with Crippen molar-refractivity contribution in [1.29, 1.82) is 5.26 Å². The van der Waals surface area contributed by atoms with Gasteiger partial charge in [0.2, 0.25) is 0 Å². The Kier molecular flexibility index (Phi) is 3.80. The van der Waals surface area contributed by atoms with Crippen LogP contribution in [-0.2, 0) is 0 Å². The summed E-state index contributed by atoms with van der Waals surface area (Å²) >= 11 is 9.14. The smallest absolute Gasteiger partial charge is 0.148 e. The largest absolute Gasteiger partial charge is 0.337 e. The average Bonchev–Trinajstić information content (AvgIpc) is 2.34. The Bertz CT molecular complexity index is 616. The van der Waals surface area contributed by atoms with Crippen molar-refractivity contribution >= 4 is 39.0 Å². The molecule has 2 aromatic rings. The maximum Gasteiger partial charge on any atom is 0.148 e. The lowest BCUT2D eigenvalue weighted by atomic mass is 10.2. The molecule has 0 aliphatic carbocycles. The maximum atomic E-state index is 13.1. The molecule has 0 saturated carbocycles. The number of benzene rings is 1. The van der Waals surface area contributed by atoms with Crippen LogP contribution in [0.25, 0.3) is 0 Å². The Morgan fingerprint density at radius 2 is 2.22 bits per heavy atom. The van der Waals surface area contributed by atoms with Crippen LogP contribution in [0.15, 0.2) is 34.9 Å². The number of nitriles is 1. The predicted octanol–water partition coefficient (Wildman–Crippen LogP) is 4.25. The van der Waals surface area contributed by atoms with Crippen LogP contribution in [-0.4, -0.2) is 4.98 Å². The van der Waals surface area contributed by atoms with Gasteiger partial charge < -0.3 is 5.32 Å². The number of anilines is 2. The molecule has 1 aromatic carbocycles. The Morgan fingerprint density at radius 3 is 2.89 bits per heavy atom. The third kappa shape index (κ3) is 2.61. The van der Waals surface area contributed by atoms with Gasteiger partial charge in [0.1, 0.15) is 17.7 Å². The monoisotopic (exact) mass is 325 g/mol. The molecule has 3 nitrogen and oxygen atoms in total. The normalized spacial score (nSPS) is 9.89. The number of nitrogens with one attached hydrogen (secondary N) is 1. The van der Waals surface area contributed by atoms with E-state index in [9.17, 15) is 4.39 Å². The van der Waals surface area contributed by atoms with Crippen molar-refractivity contribution in [2.75, 3.05) is 5.32 Å². The summed E-state index contributed by atoms with van der Waals surface area (Å²) in [6.07, 6.45) is 1.55. The fourth-order valence-corrected chi connectivity index (χ4v) is 2.27. The second-order valence-electron chi connectivity index (χ2n) is 3.38. The van der Waals surface area contributed by atoms with Gasteiger partial charge in [-0.3, -0.25) is 0 Å². The first kappa shape index (κ1) is 12.8. The third-order valence-corrected chi connectivity index (χ3v) is 3.10. The Hall–Kier alpha value is -1.64. The lowest BCUT2D eigenvalue weighted by molar-refractivity contribution is 0.627. The molecule has 90 valence electrons. The first-order valence-electron chi connectivity index (χ1n) is 4.88. The van der Waals surface area contributed by atoms with E-state index in [4.69, 9.17) is 16.9 Å². The van der Waals surface area contributed by atoms with E-state index >= 15 is 0 Å². The molecule has 1 aromatic heterocycles. The summed E-state index contributed by atoms with van der Waals surface area (Å²) < 4.78 is 13.5. The molecule has 2 rings (SSSR count). The third-order valence-electron chi connectivity index (χ3n) is 2.18. The number of hydrogen-bond donors (Lipinski definition) is 1. The van der Waals surface area contributed by atoms with Gasteiger partial charge in [-0.25, -0.2) is 9.37 Å². The van der Waals surface area contributed by atoms with E-state index in [1.807, 2.05) is 6.07 Å². The fraction of sp³-hybridized carbons (Fsp3) is 0. The van der Waals surface area contributed by atoms with E-state index in [-0.39, 0.29) is 5.02 Å². The lowest BCUT2D eigenvalue weighted by Gasteiger charge is -2.10. The zero-order valence-corrected chi connectivity index (χ0v) is 11.3. The molecule has 0 aliphatic heterocycles. The molecule has 0 bridgehead atoms. The molecule has 0 radical (unpaired) electrons. The second kappa shape index (κ2) is 5.34. The van der Waals surface area contributed by atoms with E-state index < -0.39 is 5.82 Å². The Morgan fingerprint density at radius 1 is 1.44 bits per heavy atom. The molecule has 0 aliphatic rings. The number of pyridine rings is 1. The van der Waals surface area contributed by atoms with Crippen molar-refractivity contribution in [2.24, 2.45) is 0 Å². The molecule has 0 fully saturated rings. The lowest BCUT2D eigenvalue weighted by Crippen LogP contribution is -1.98. The van der Waals surface area contributed by atoms with Crippen molar-refractivity contribution in [3.05, 3.63) is 51.3 Å². The van der Waals surface area contributed by atoms with Crippen LogP contribution in [0.5, 0.6) is 0 Å². The Balaban J connectivity index is 2.44. The van der Waals surface area contributed by atoms with Gasteiger partial charge in [-0.05, 0) is 40.2 Å². The highest BCUT2D eigenvalue weighted by molar-refractivity contribution is 9.10. The van der Waals surface area contributed by atoms with Gasteiger partial charge >= 0.3 is 0 Å². The van der Waals surface area contributed by atoms with E-state index in [1.165, 1.54) is 12.1 Å². The van der Waals surface area contributed by atoms with Gasteiger partial charge in [-0.15, -0.1) is 0 Å². The van der Waals surface area contributed by atoms with Crippen LogP contribution < -0.4 is 5.32 Å². The zero-order valence-electron chi connectivity index (χ0n) is 8.92. The molecule has 0 unspecified atom stereocenters. The molecule has 18 heavy (non-hydrogen) atoms. The van der Waals surface area contributed by atoms with E-state index in [0.717, 1.165) is 0 Å². The van der Waals surface area contributed by atoms with Crippen LogP contribution >= 0.6 is 27.5 Å². The first-order valence-corrected chi connectivity index (χ1v) is 6.05. The number of rotatable bonds is 2. The zero-order chi connectivity index (χ0) is 13.1. The van der Waals surface area contributed by atoms with Gasteiger partial charge in [0.15, 0.2) is 0 Å². The molecule has 1 N–H and O–H groups in total. The van der Waals surface area contributed by atoms with Crippen molar-refractivity contribution in [3.63, 3.8) is 0 Å². The van der Waals surface area contributed by atoms with Crippen molar-refractivity contribution in [3.8, 4) is 6.07 Å². The standard InChI is InChI=1S/C12H6BrClFN3/c13-9-4-8(15)5-10(14)11(9)18-12-7(6-16)2-1-3-17-12/h1-5H,(H,17,18). The summed E-state index contributed by atoms with van der Waals surface area (Å²) in [4.78, 5) is 4.04. The molecule has 1 heterocycles. The maximum absolute atomic E-state index is 13.1. The highest BCUT2D eigenvalue weighted by Crippen LogP contribution is 2.34. The Labute approximate surface area is 116 Å². The molecule has 6 heteroatoms. The van der Waals surface area contributed by atoms with Crippen molar-refractivity contribution in [2.45, 2.75) is 0 Å². The van der Waals surface area contributed by atoms with Crippen molar-refractivity contribution in [1.82, 2.24) is 4.98 Å². The number of nitrogens with zero attached hydrogens (tertiary/aromatic N) is 2. The van der Waals surface area contributed by atoms with Crippen LogP contribution in [0.2, 0.25) is 5.02 Å².